The van der Waals surface area contributed by atoms with Crippen LogP contribution in [0.15, 0.2) is 30.3 Å². The van der Waals surface area contributed by atoms with E-state index in [1.165, 1.54) is 0 Å². The second-order valence-corrected chi connectivity index (χ2v) is 5.48. The van der Waals surface area contributed by atoms with E-state index in [0.29, 0.717) is 0 Å². The van der Waals surface area contributed by atoms with Gasteiger partial charge in [-0.1, -0.05) is 43.2 Å². The standard InChI is InChI=1S/C16H23N3O3/c17-10-15(20)18-13-8-4-5-9-14(13)19-16(21)22-11-12-6-2-1-3-7-12/h1-3,6-7,13-14H,4-5,8-11,17H2,(H,18,20)(H,19,21)/t13-,14+/m0/s1. The highest BCUT2D eigenvalue weighted by molar-refractivity contribution is 5.78. The van der Waals surface area contributed by atoms with Crippen LogP contribution in [0, 0.1) is 0 Å². The number of alkyl carbamates (subject to hydrolysis) is 1. The Bertz CT molecular complexity index is 493. The lowest BCUT2D eigenvalue weighted by Crippen LogP contribution is -2.54. The van der Waals surface area contributed by atoms with Crippen LogP contribution in [0.1, 0.15) is 31.2 Å². The average molecular weight is 305 g/mol. The number of nitrogens with one attached hydrogen (secondary N) is 2. The molecule has 22 heavy (non-hydrogen) atoms. The van der Waals surface area contributed by atoms with Crippen molar-refractivity contribution in [2.75, 3.05) is 6.54 Å². The van der Waals surface area contributed by atoms with Gasteiger partial charge in [0.15, 0.2) is 0 Å². The molecule has 2 atom stereocenters. The predicted molar refractivity (Wildman–Crippen MR) is 83.0 cm³/mol. The maximum absolute atomic E-state index is 11.9. The Balaban J connectivity index is 1.81. The summed E-state index contributed by atoms with van der Waals surface area (Å²) in [7, 11) is 0. The zero-order valence-electron chi connectivity index (χ0n) is 12.6. The van der Waals surface area contributed by atoms with Crippen molar-refractivity contribution in [2.24, 2.45) is 5.73 Å². The monoisotopic (exact) mass is 305 g/mol. The Labute approximate surface area is 130 Å². The second-order valence-electron chi connectivity index (χ2n) is 5.48. The number of hydrogen-bond acceptors (Lipinski definition) is 4. The van der Waals surface area contributed by atoms with Gasteiger partial charge in [-0.05, 0) is 18.4 Å². The van der Waals surface area contributed by atoms with E-state index in [4.69, 9.17) is 10.5 Å². The fourth-order valence-corrected chi connectivity index (χ4v) is 2.66. The van der Waals surface area contributed by atoms with Crippen LogP contribution in [0.3, 0.4) is 0 Å². The van der Waals surface area contributed by atoms with Crippen molar-refractivity contribution in [3.63, 3.8) is 0 Å². The van der Waals surface area contributed by atoms with Crippen LogP contribution in [0.5, 0.6) is 0 Å². The molecule has 1 aliphatic carbocycles. The number of hydrogen-bond donors (Lipinski definition) is 3. The first-order valence-electron chi connectivity index (χ1n) is 7.65. The number of carbonyl (C=O) groups is 2. The van der Waals surface area contributed by atoms with Crippen molar-refractivity contribution >= 4 is 12.0 Å². The topological polar surface area (TPSA) is 93.5 Å². The van der Waals surface area contributed by atoms with Gasteiger partial charge in [0.05, 0.1) is 12.6 Å². The molecule has 1 aromatic rings. The van der Waals surface area contributed by atoms with Crippen LogP contribution in [-0.4, -0.2) is 30.6 Å². The summed E-state index contributed by atoms with van der Waals surface area (Å²) in [5.41, 5.74) is 6.26. The number of nitrogens with two attached hydrogens (primary N) is 1. The molecular formula is C16H23N3O3. The minimum Gasteiger partial charge on any atom is -0.445 e. The van der Waals surface area contributed by atoms with Crippen molar-refractivity contribution in [3.05, 3.63) is 35.9 Å². The smallest absolute Gasteiger partial charge is 0.407 e. The number of carbonyl (C=O) groups excluding carboxylic acids is 2. The lowest BCUT2D eigenvalue weighted by atomic mass is 9.90. The van der Waals surface area contributed by atoms with E-state index in [0.717, 1.165) is 31.2 Å². The van der Waals surface area contributed by atoms with Gasteiger partial charge in [0.1, 0.15) is 6.61 Å². The maximum Gasteiger partial charge on any atom is 0.407 e. The minimum absolute atomic E-state index is 0.0400. The largest absolute Gasteiger partial charge is 0.445 e. The molecule has 1 fully saturated rings. The molecular weight excluding hydrogens is 282 g/mol. The van der Waals surface area contributed by atoms with Crippen LogP contribution in [0.2, 0.25) is 0 Å². The van der Waals surface area contributed by atoms with E-state index in [9.17, 15) is 9.59 Å². The summed E-state index contributed by atoms with van der Waals surface area (Å²) >= 11 is 0. The Morgan fingerprint density at radius 2 is 1.73 bits per heavy atom. The quantitative estimate of drug-likeness (QED) is 0.764. The molecule has 1 aromatic carbocycles. The average Bonchev–Trinajstić information content (AvgIpc) is 2.55. The van der Waals surface area contributed by atoms with E-state index < -0.39 is 6.09 Å². The molecule has 0 spiro atoms. The highest BCUT2D eigenvalue weighted by Gasteiger charge is 2.27. The SMILES string of the molecule is NCC(=O)N[C@H]1CCCC[C@H]1NC(=O)OCc1ccccc1. The Morgan fingerprint density at radius 1 is 1.09 bits per heavy atom. The highest BCUT2D eigenvalue weighted by Crippen LogP contribution is 2.18. The van der Waals surface area contributed by atoms with Crippen LogP contribution in [0.4, 0.5) is 4.79 Å². The Hall–Kier alpha value is -2.08. The normalized spacial score (nSPS) is 21.0. The molecule has 0 bridgehead atoms. The Kier molecular flexibility index (Phi) is 6.21. The van der Waals surface area contributed by atoms with Gasteiger partial charge in [0.2, 0.25) is 5.91 Å². The van der Waals surface area contributed by atoms with Gasteiger partial charge in [-0.2, -0.15) is 0 Å². The van der Waals surface area contributed by atoms with E-state index >= 15 is 0 Å². The summed E-state index contributed by atoms with van der Waals surface area (Å²) in [6.45, 7) is 0.195. The predicted octanol–water partition coefficient (Wildman–Crippen LogP) is 1.30. The van der Waals surface area contributed by atoms with E-state index in [-0.39, 0.29) is 31.1 Å². The van der Waals surface area contributed by atoms with E-state index in [1.54, 1.807) is 0 Å². The van der Waals surface area contributed by atoms with E-state index in [1.807, 2.05) is 30.3 Å². The second kappa shape index (κ2) is 8.38. The molecule has 120 valence electrons. The molecule has 0 heterocycles. The van der Waals surface area contributed by atoms with Gasteiger partial charge in [0.25, 0.3) is 0 Å². The molecule has 0 aliphatic heterocycles. The zero-order valence-corrected chi connectivity index (χ0v) is 12.6. The van der Waals surface area contributed by atoms with Crippen molar-refractivity contribution in [2.45, 2.75) is 44.4 Å². The van der Waals surface area contributed by atoms with Gasteiger partial charge in [-0.15, -0.1) is 0 Å². The molecule has 2 rings (SSSR count). The van der Waals surface area contributed by atoms with Gasteiger partial charge in [-0.25, -0.2) is 4.79 Å². The van der Waals surface area contributed by atoms with E-state index in [2.05, 4.69) is 10.6 Å². The summed E-state index contributed by atoms with van der Waals surface area (Å²) in [6.07, 6.45) is 3.28. The van der Waals surface area contributed by atoms with Crippen LogP contribution in [0.25, 0.3) is 0 Å². The molecule has 6 nitrogen and oxygen atoms in total. The zero-order chi connectivity index (χ0) is 15.8. The fraction of sp³-hybridized carbons (Fsp3) is 0.500. The first kappa shape index (κ1) is 16.3. The minimum atomic E-state index is -0.456. The van der Waals surface area contributed by atoms with Gasteiger partial charge in [-0.3, -0.25) is 4.79 Å². The molecule has 1 saturated carbocycles. The number of rotatable bonds is 5. The summed E-state index contributed by atoms with van der Waals surface area (Å²) in [4.78, 5) is 23.4. The van der Waals surface area contributed by atoms with Crippen LogP contribution < -0.4 is 16.4 Å². The molecule has 6 heteroatoms. The molecule has 4 N–H and O–H groups in total. The van der Waals surface area contributed by atoms with Crippen molar-refractivity contribution in [3.8, 4) is 0 Å². The molecule has 0 aromatic heterocycles. The summed E-state index contributed by atoms with van der Waals surface area (Å²) in [5, 5.41) is 5.72. The third-order valence-corrected chi connectivity index (χ3v) is 3.81. The molecule has 1 aliphatic rings. The fourth-order valence-electron chi connectivity index (χ4n) is 2.66. The Morgan fingerprint density at radius 3 is 2.36 bits per heavy atom. The third kappa shape index (κ3) is 5.04. The number of amides is 2. The molecule has 0 unspecified atom stereocenters. The van der Waals surface area contributed by atoms with Crippen molar-refractivity contribution < 1.29 is 14.3 Å². The molecule has 2 amide bonds. The first-order valence-corrected chi connectivity index (χ1v) is 7.65. The van der Waals surface area contributed by atoms with Crippen molar-refractivity contribution in [1.29, 1.82) is 0 Å². The van der Waals surface area contributed by atoms with Gasteiger partial charge >= 0.3 is 6.09 Å². The number of benzene rings is 1. The summed E-state index contributed by atoms with van der Waals surface area (Å²) < 4.78 is 5.22. The molecule has 0 saturated heterocycles. The highest BCUT2D eigenvalue weighted by atomic mass is 16.5. The van der Waals surface area contributed by atoms with Crippen molar-refractivity contribution in [1.82, 2.24) is 10.6 Å². The van der Waals surface area contributed by atoms with Gasteiger partial charge < -0.3 is 21.1 Å². The van der Waals surface area contributed by atoms with Crippen LogP contribution in [-0.2, 0) is 16.1 Å². The summed E-state index contributed by atoms with van der Waals surface area (Å²) in [5.74, 6) is -0.198. The lowest BCUT2D eigenvalue weighted by Gasteiger charge is -2.32. The van der Waals surface area contributed by atoms with Crippen LogP contribution >= 0.6 is 0 Å². The lowest BCUT2D eigenvalue weighted by molar-refractivity contribution is -0.120. The first-order chi connectivity index (χ1) is 10.7. The summed E-state index contributed by atoms with van der Waals surface area (Å²) in [6, 6.07) is 9.33. The molecule has 0 radical (unpaired) electrons. The van der Waals surface area contributed by atoms with Gasteiger partial charge in [0, 0.05) is 6.04 Å². The maximum atomic E-state index is 11.9. The number of ether oxygens (including phenoxy) is 1. The third-order valence-electron chi connectivity index (χ3n) is 3.81.